The fourth-order valence-electron chi connectivity index (χ4n) is 2.79. The van der Waals surface area contributed by atoms with Crippen molar-refractivity contribution in [3.63, 3.8) is 0 Å². The van der Waals surface area contributed by atoms with Gasteiger partial charge < -0.3 is 5.32 Å². The fourth-order valence-corrected chi connectivity index (χ4v) is 4.72. The summed E-state index contributed by atoms with van der Waals surface area (Å²) in [5, 5.41) is 2.80. The summed E-state index contributed by atoms with van der Waals surface area (Å²) in [5.74, 6) is -0.198. The highest BCUT2D eigenvalue weighted by Crippen LogP contribution is 2.24. The third-order valence-corrected chi connectivity index (χ3v) is 7.40. The second-order valence-electron chi connectivity index (χ2n) is 6.80. The van der Waals surface area contributed by atoms with Crippen LogP contribution in [-0.2, 0) is 31.3 Å². The number of nitrogens with one attached hydrogen (secondary N) is 3. The number of hydrogen-bond acceptors (Lipinski definition) is 5. The normalized spacial score (nSPS) is 11.8. The Bertz CT molecular complexity index is 1100. The molecule has 0 atom stereocenters. The van der Waals surface area contributed by atoms with E-state index in [4.69, 9.17) is 0 Å². The van der Waals surface area contributed by atoms with Crippen molar-refractivity contribution in [3.05, 3.63) is 53.6 Å². The molecule has 0 fully saturated rings. The first-order chi connectivity index (χ1) is 14.1. The Morgan fingerprint density at radius 2 is 1.60 bits per heavy atom. The van der Waals surface area contributed by atoms with Crippen LogP contribution < -0.4 is 14.8 Å². The number of carbonyl (C=O) groups excluding carboxylic acids is 1. The van der Waals surface area contributed by atoms with Crippen LogP contribution in [0.3, 0.4) is 0 Å². The molecular formula is C20H27N3O5S2. The quantitative estimate of drug-likeness (QED) is 0.511. The van der Waals surface area contributed by atoms with Gasteiger partial charge in [0, 0.05) is 12.1 Å². The minimum Gasteiger partial charge on any atom is -0.326 e. The number of anilines is 2. The molecule has 0 unspecified atom stereocenters. The molecule has 0 heterocycles. The average Bonchev–Trinajstić information content (AvgIpc) is 2.69. The Hall–Kier alpha value is -2.43. The summed E-state index contributed by atoms with van der Waals surface area (Å²) >= 11 is 0. The molecule has 3 N–H and O–H groups in total. The molecule has 0 aliphatic rings. The van der Waals surface area contributed by atoms with E-state index >= 15 is 0 Å². The highest BCUT2D eigenvalue weighted by atomic mass is 32.2. The summed E-state index contributed by atoms with van der Waals surface area (Å²) in [5.41, 5.74) is 2.43. The topological polar surface area (TPSA) is 121 Å². The molecule has 2 rings (SSSR count). The second kappa shape index (κ2) is 10.1. The lowest BCUT2D eigenvalue weighted by Gasteiger charge is -2.14. The molecule has 8 nitrogen and oxygen atoms in total. The van der Waals surface area contributed by atoms with Gasteiger partial charge in [-0.15, -0.1) is 0 Å². The van der Waals surface area contributed by atoms with Crippen LogP contribution in [-0.4, -0.2) is 35.5 Å². The Kier molecular flexibility index (Phi) is 7.99. The smallest absolute Gasteiger partial charge is 0.240 e. The minimum absolute atomic E-state index is 0.0252. The summed E-state index contributed by atoms with van der Waals surface area (Å²) in [7, 11) is -5.57. The zero-order chi connectivity index (χ0) is 22.4. The van der Waals surface area contributed by atoms with E-state index in [2.05, 4.69) is 14.8 Å². The van der Waals surface area contributed by atoms with Crippen molar-refractivity contribution in [3.8, 4) is 0 Å². The van der Waals surface area contributed by atoms with E-state index in [9.17, 15) is 21.6 Å². The maximum absolute atomic E-state index is 12.4. The number of aryl methyl sites for hydroxylation is 1. The number of hydrogen-bond donors (Lipinski definition) is 3. The van der Waals surface area contributed by atoms with Gasteiger partial charge in [-0.3, -0.25) is 9.52 Å². The third kappa shape index (κ3) is 6.54. The van der Waals surface area contributed by atoms with E-state index in [0.29, 0.717) is 29.8 Å². The first-order valence-corrected chi connectivity index (χ1v) is 12.6. The average molecular weight is 454 g/mol. The van der Waals surface area contributed by atoms with Crippen LogP contribution in [0.25, 0.3) is 0 Å². The predicted molar refractivity (Wildman–Crippen MR) is 119 cm³/mol. The molecule has 0 spiro atoms. The van der Waals surface area contributed by atoms with Crippen molar-refractivity contribution in [2.45, 2.75) is 38.0 Å². The summed E-state index contributed by atoms with van der Waals surface area (Å²) in [4.78, 5) is 12.5. The lowest BCUT2D eigenvalue weighted by Crippen LogP contribution is -2.18. The second-order valence-corrected chi connectivity index (χ2v) is 10.5. The Labute approximate surface area is 178 Å². The lowest BCUT2D eigenvalue weighted by atomic mass is 10.1. The van der Waals surface area contributed by atoms with E-state index < -0.39 is 20.0 Å². The van der Waals surface area contributed by atoms with Crippen LogP contribution in [0.2, 0.25) is 0 Å². The maximum atomic E-state index is 12.4. The monoisotopic (exact) mass is 453 g/mol. The van der Waals surface area contributed by atoms with Crippen LogP contribution in [0, 0.1) is 6.92 Å². The molecule has 164 valence electrons. The highest BCUT2D eigenvalue weighted by Gasteiger charge is 2.14. The summed E-state index contributed by atoms with van der Waals surface area (Å²) in [6.07, 6.45) is 1.14. The van der Waals surface area contributed by atoms with Gasteiger partial charge in [0.15, 0.2) is 0 Å². The van der Waals surface area contributed by atoms with Crippen molar-refractivity contribution in [2.75, 3.05) is 22.8 Å². The largest absolute Gasteiger partial charge is 0.326 e. The summed E-state index contributed by atoms with van der Waals surface area (Å²) < 4.78 is 52.3. The molecule has 2 aromatic carbocycles. The van der Waals surface area contributed by atoms with Gasteiger partial charge in [-0.2, -0.15) is 0 Å². The van der Waals surface area contributed by atoms with Gasteiger partial charge in [0.2, 0.25) is 26.0 Å². The van der Waals surface area contributed by atoms with Gasteiger partial charge in [-0.05, 0) is 62.2 Å². The van der Waals surface area contributed by atoms with Crippen LogP contribution >= 0.6 is 0 Å². The van der Waals surface area contributed by atoms with Gasteiger partial charge in [0.05, 0.1) is 16.3 Å². The van der Waals surface area contributed by atoms with Crippen LogP contribution in [0.1, 0.15) is 30.9 Å². The zero-order valence-electron chi connectivity index (χ0n) is 17.2. The Morgan fingerprint density at radius 3 is 2.20 bits per heavy atom. The van der Waals surface area contributed by atoms with Crippen LogP contribution in [0.4, 0.5) is 11.4 Å². The van der Waals surface area contributed by atoms with Gasteiger partial charge in [0.1, 0.15) is 0 Å². The number of rotatable bonds is 10. The van der Waals surface area contributed by atoms with Crippen molar-refractivity contribution in [1.29, 1.82) is 0 Å². The molecule has 0 aliphatic carbocycles. The molecule has 1 amide bonds. The van der Waals surface area contributed by atoms with Gasteiger partial charge in [0.25, 0.3) is 0 Å². The number of carbonyl (C=O) groups is 1. The van der Waals surface area contributed by atoms with E-state index in [1.165, 1.54) is 19.2 Å². The van der Waals surface area contributed by atoms with Crippen molar-refractivity contribution in [1.82, 2.24) is 4.72 Å². The summed E-state index contributed by atoms with van der Waals surface area (Å²) in [6.45, 7) is 3.52. The van der Waals surface area contributed by atoms with E-state index in [1.54, 1.807) is 44.2 Å². The van der Waals surface area contributed by atoms with E-state index in [1.807, 2.05) is 0 Å². The SMILES string of the molecule is CCCS(=O)(=O)Nc1cccc(NC(=O)CCc2ccc(S(=O)(=O)NC)cc2)c1C. The van der Waals surface area contributed by atoms with Crippen LogP contribution in [0.15, 0.2) is 47.4 Å². The first kappa shape index (κ1) is 23.8. The summed E-state index contributed by atoms with van der Waals surface area (Å²) in [6, 6.07) is 11.4. The molecule has 0 aromatic heterocycles. The van der Waals surface area contributed by atoms with Crippen molar-refractivity contribution >= 4 is 37.3 Å². The molecule has 2 aromatic rings. The zero-order valence-corrected chi connectivity index (χ0v) is 18.9. The van der Waals surface area contributed by atoms with E-state index in [-0.39, 0.29) is 23.0 Å². The van der Waals surface area contributed by atoms with Gasteiger partial charge in [-0.1, -0.05) is 25.1 Å². The third-order valence-electron chi connectivity index (χ3n) is 4.49. The fraction of sp³-hybridized carbons (Fsp3) is 0.350. The molecule has 10 heteroatoms. The van der Waals surface area contributed by atoms with Gasteiger partial charge in [-0.25, -0.2) is 21.6 Å². The Morgan fingerprint density at radius 1 is 0.967 bits per heavy atom. The molecule has 0 saturated heterocycles. The predicted octanol–water partition coefficient (Wildman–Crippen LogP) is 2.63. The Balaban J connectivity index is 2.01. The number of benzene rings is 2. The molecule has 0 aliphatic heterocycles. The molecule has 0 bridgehead atoms. The molecule has 0 saturated carbocycles. The first-order valence-electron chi connectivity index (χ1n) is 9.50. The van der Waals surface area contributed by atoms with Crippen molar-refractivity contribution in [2.24, 2.45) is 0 Å². The lowest BCUT2D eigenvalue weighted by molar-refractivity contribution is -0.116. The minimum atomic E-state index is -3.49. The molecule has 30 heavy (non-hydrogen) atoms. The number of amides is 1. The standard InChI is InChI=1S/C20H27N3O5S2/c1-4-14-29(25,26)23-19-7-5-6-18(15(19)2)22-20(24)13-10-16-8-11-17(12-9-16)30(27,28)21-3/h5-9,11-12,21,23H,4,10,13-14H2,1-3H3,(H,22,24). The maximum Gasteiger partial charge on any atom is 0.240 e. The van der Waals surface area contributed by atoms with E-state index in [0.717, 1.165) is 5.56 Å². The van der Waals surface area contributed by atoms with Gasteiger partial charge >= 0.3 is 0 Å². The number of sulfonamides is 2. The van der Waals surface area contributed by atoms with Crippen molar-refractivity contribution < 1.29 is 21.6 Å². The molecular weight excluding hydrogens is 426 g/mol. The van der Waals surface area contributed by atoms with Crippen LogP contribution in [0.5, 0.6) is 0 Å². The molecule has 0 radical (unpaired) electrons. The highest BCUT2D eigenvalue weighted by molar-refractivity contribution is 7.92.